The van der Waals surface area contributed by atoms with Crippen molar-refractivity contribution in [2.45, 2.75) is 38.6 Å². The maximum atomic E-state index is 12.7. The quantitative estimate of drug-likeness (QED) is 0.845. The molecule has 0 spiro atoms. The number of hydrogen-bond donors (Lipinski definition) is 0. The summed E-state index contributed by atoms with van der Waals surface area (Å²) in [4.78, 5) is 31.7. The van der Waals surface area contributed by atoms with Gasteiger partial charge >= 0.3 is 0 Å². The van der Waals surface area contributed by atoms with Gasteiger partial charge in [0.15, 0.2) is 0 Å². The van der Waals surface area contributed by atoms with Crippen molar-refractivity contribution in [1.29, 1.82) is 0 Å². The van der Waals surface area contributed by atoms with Crippen LogP contribution in [0.1, 0.15) is 19.7 Å². The number of aryl methyl sites for hydroxylation is 1. The molecule has 122 valence electrons. The summed E-state index contributed by atoms with van der Waals surface area (Å²) in [7, 11) is 0. The fraction of sp³-hybridized carbons (Fsp3) is 0.471. The molecule has 2 atom stereocenters. The van der Waals surface area contributed by atoms with Gasteiger partial charge in [-0.1, -0.05) is 19.1 Å². The molecule has 3 rings (SSSR count). The lowest BCUT2D eigenvalue weighted by Gasteiger charge is -2.37. The molecule has 0 N–H and O–H groups in total. The van der Waals surface area contributed by atoms with Crippen LogP contribution < -0.4 is 5.56 Å². The zero-order valence-electron chi connectivity index (χ0n) is 13.7. The predicted molar refractivity (Wildman–Crippen MR) is 93.8 cm³/mol. The fourth-order valence-corrected chi connectivity index (χ4v) is 4.08. The van der Waals surface area contributed by atoms with E-state index >= 15 is 0 Å². The molecule has 1 fully saturated rings. The van der Waals surface area contributed by atoms with Gasteiger partial charge in [0.25, 0.3) is 5.56 Å². The maximum absolute atomic E-state index is 12.7. The predicted octanol–water partition coefficient (Wildman–Crippen LogP) is 2.06. The number of fused-ring (bicyclic) bond motifs is 1. The molecule has 0 unspecified atom stereocenters. The summed E-state index contributed by atoms with van der Waals surface area (Å²) in [5, 5.41) is 0.974. The van der Waals surface area contributed by atoms with E-state index in [2.05, 4.69) is 18.8 Å². The van der Waals surface area contributed by atoms with Crippen molar-refractivity contribution >= 4 is 28.6 Å². The van der Waals surface area contributed by atoms with Crippen LogP contribution in [0.15, 0.2) is 29.1 Å². The highest BCUT2D eigenvalue weighted by Crippen LogP contribution is 2.24. The van der Waals surface area contributed by atoms with Gasteiger partial charge in [-0.15, -0.1) is 0 Å². The molecule has 1 saturated heterocycles. The van der Waals surface area contributed by atoms with E-state index in [1.54, 1.807) is 13.0 Å². The second-order valence-corrected chi connectivity index (χ2v) is 7.46. The molecule has 0 aliphatic carbocycles. The molecule has 1 aromatic heterocycles. The number of amides is 1. The Bertz CT molecular complexity index is 802. The number of benzene rings is 1. The van der Waals surface area contributed by atoms with Crippen LogP contribution in [0.3, 0.4) is 0 Å². The molecule has 5 nitrogen and oxygen atoms in total. The second kappa shape index (κ2) is 6.35. The molecule has 0 bridgehead atoms. The molecule has 1 amide bonds. The number of nitrogens with zero attached hydrogens (tertiary/aromatic N) is 3. The highest BCUT2D eigenvalue weighted by Gasteiger charge is 2.29. The van der Waals surface area contributed by atoms with E-state index in [-0.39, 0.29) is 24.1 Å². The van der Waals surface area contributed by atoms with Gasteiger partial charge < -0.3 is 4.90 Å². The average Bonchev–Trinajstić information content (AvgIpc) is 2.54. The van der Waals surface area contributed by atoms with E-state index in [0.717, 1.165) is 12.3 Å². The van der Waals surface area contributed by atoms with Crippen LogP contribution in [-0.2, 0) is 11.3 Å². The van der Waals surface area contributed by atoms with Crippen molar-refractivity contribution in [2.24, 2.45) is 0 Å². The number of hydrogen-bond acceptors (Lipinski definition) is 4. The second-order valence-electron chi connectivity index (χ2n) is 5.97. The third-order valence-corrected chi connectivity index (χ3v) is 5.89. The van der Waals surface area contributed by atoms with E-state index < -0.39 is 0 Å². The molecule has 1 aliphatic heterocycles. The van der Waals surface area contributed by atoms with Crippen LogP contribution in [0.25, 0.3) is 10.9 Å². The molecular weight excluding hydrogens is 310 g/mol. The van der Waals surface area contributed by atoms with Gasteiger partial charge in [0, 0.05) is 23.6 Å². The van der Waals surface area contributed by atoms with Crippen LogP contribution in [0.5, 0.6) is 0 Å². The Balaban J connectivity index is 1.92. The van der Waals surface area contributed by atoms with Crippen LogP contribution in [-0.4, -0.2) is 43.9 Å². The van der Waals surface area contributed by atoms with Gasteiger partial charge in [0.1, 0.15) is 12.4 Å². The van der Waals surface area contributed by atoms with Crippen LogP contribution in [0.4, 0.5) is 0 Å². The highest BCUT2D eigenvalue weighted by molar-refractivity contribution is 8.00. The molecule has 2 aromatic rings. The molecule has 23 heavy (non-hydrogen) atoms. The molecule has 1 aliphatic rings. The van der Waals surface area contributed by atoms with E-state index in [4.69, 9.17) is 0 Å². The van der Waals surface area contributed by atoms with Crippen molar-refractivity contribution in [2.75, 3.05) is 12.3 Å². The van der Waals surface area contributed by atoms with Gasteiger partial charge in [-0.05, 0) is 26.0 Å². The first kappa shape index (κ1) is 16.1. The number of para-hydroxylation sites is 1. The number of rotatable bonds is 2. The minimum Gasteiger partial charge on any atom is -0.337 e. The summed E-state index contributed by atoms with van der Waals surface area (Å²) < 4.78 is 1.49. The summed E-state index contributed by atoms with van der Waals surface area (Å²) in [6.45, 7) is 6.79. The first-order chi connectivity index (χ1) is 11.0. The lowest BCUT2D eigenvalue weighted by Crippen LogP contribution is -2.49. The largest absolute Gasteiger partial charge is 0.337 e. The summed E-state index contributed by atoms with van der Waals surface area (Å²) in [5.41, 5.74) is 0.531. The molecule has 1 aromatic carbocycles. The Morgan fingerprint density at radius 1 is 1.35 bits per heavy atom. The lowest BCUT2D eigenvalue weighted by molar-refractivity contribution is -0.133. The summed E-state index contributed by atoms with van der Waals surface area (Å²) in [5.74, 6) is 1.52. The van der Waals surface area contributed by atoms with Crippen molar-refractivity contribution in [3.63, 3.8) is 0 Å². The standard InChI is InChI=1S/C17H21N3O2S/c1-11-12(2)23-9-8-19(11)16(21)10-20-13(3)18-15-7-5-4-6-14(15)17(20)22/h4-7,11-12H,8-10H2,1-3H3/t11-,12+/m0/s1. The molecule has 2 heterocycles. The van der Waals surface area contributed by atoms with E-state index in [0.29, 0.717) is 22.0 Å². The monoisotopic (exact) mass is 331 g/mol. The van der Waals surface area contributed by atoms with Crippen molar-refractivity contribution in [3.05, 3.63) is 40.4 Å². The number of carbonyl (C=O) groups excluding carboxylic acids is 1. The summed E-state index contributed by atoms with van der Waals surface area (Å²) in [6.07, 6.45) is 0. The van der Waals surface area contributed by atoms with Crippen molar-refractivity contribution in [1.82, 2.24) is 14.5 Å². The first-order valence-corrected chi connectivity index (χ1v) is 8.91. The minimum atomic E-state index is -0.145. The van der Waals surface area contributed by atoms with Gasteiger partial charge in [-0.3, -0.25) is 14.2 Å². The Kier molecular flexibility index (Phi) is 4.43. The Hall–Kier alpha value is -1.82. The number of carbonyl (C=O) groups is 1. The zero-order chi connectivity index (χ0) is 16.6. The number of thioether (sulfide) groups is 1. The van der Waals surface area contributed by atoms with Crippen LogP contribution >= 0.6 is 11.8 Å². The van der Waals surface area contributed by atoms with E-state index in [1.165, 1.54) is 4.57 Å². The van der Waals surface area contributed by atoms with Gasteiger partial charge in [0.05, 0.1) is 10.9 Å². The topological polar surface area (TPSA) is 55.2 Å². The summed E-state index contributed by atoms with van der Waals surface area (Å²) in [6, 6.07) is 7.44. The maximum Gasteiger partial charge on any atom is 0.261 e. The third kappa shape index (κ3) is 3.00. The first-order valence-electron chi connectivity index (χ1n) is 7.86. The SMILES string of the molecule is Cc1nc2ccccc2c(=O)n1CC(=O)N1CCS[C@H](C)[C@@H]1C. The highest BCUT2D eigenvalue weighted by atomic mass is 32.2. The zero-order valence-corrected chi connectivity index (χ0v) is 14.5. The van der Waals surface area contributed by atoms with Crippen LogP contribution in [0.2, 0.25) is 0 Å². The lowest BCUT2D eigenvalue weighted by atomic mass is 10.2. The van der Waals surface area contributed by atoms with Crippen molar-refractivity contribution in [3.8, 4) is 0 Å². The summed E-state index contributed by atoms with van der Waals surface area (Å²) >= 11 is 1.89. The molecule has 0 radical (unpaired) electrons. The normalized spacial score (nSPS) is 21.6. The fourth-order valence-electron chi connectivity index (χ4n) is 2.98. The van der Waals surface area contributed by atoms with Crippen LogP contribution in [0, 0.1) is 6.92 Å². The van der Waals surface area contributed by atoms with E-state index in [1.807, 2.05) is 34.9 Å². The van der Waals surface area contributed by atoms with Crippen molar-refractivity contribution < 1.29 is 4.79 Å². The number of aromatic nitrogens is 2. The molecule has 6 heteroatoms. The average molecular weight is 331 g/mol. The smallest absolute Gasteiger partial charge is 0.261 e. The van der Waals surface area contributed by atoms with Gasteiger partial charge in [-0.2, -0.15) is 11.8 Å². The molecular formula is C17H21N3O2S. The van der Waals surface area contributed by atoms with E-state index in [9.17, 15) is 9.59 Å². The Morgan fingerprint density at radius 3 is 2.87 bits per heavy atom. The molecule has 0 saturated carbocycles. The Labute approximate surface area is 139 Å². The minimum absolute atomic E-state index is 0.00747. The Morgan fingerprint density at radius 2 is 2.09 bits per heavy atom. The van der Waals surface area contributed by atoms with Gasteiger partial charge in [0.2, 0.25) is 5.91 Å². The third-order valence-electron chi connectivity index (χ3n) is 4.55. The van der Waals surface area contributed by atoms with Gasteiger partial charge in [-0.25, -0.2) is 4.98 Å².